The average Bonchev–Trinajstić information content (AvgIpc) is 2.65. The molecule has 1 aliphatic heterocycles. The Labute approximate surface area is 98.7 Å². The Balaban J connectivity index is 2.27. The number of nitrogens with one attached hydrogen (secondary N) is 2. The van der Waals surface area contributed by atoms with Crippen LogP contribution in [0.5, 0.6) is 5.75 Å². The van der Waals surface area contributed by atoms with E-state index in [9.17, 15) is 0 Å². The van der Waals surface area contributed by atoms with E-state index in [2.05, 4.69) is 10.3 Å². The van der Waals surface area contributed by atoms with Gasteiger partial charge in [0.2, 0.25) is 0 Å². The van der Waals surface area contributed by atoms with Crippen molar-refractivity contribution in [3.05, 3.63) is 28.4 Å². The van der Waals surface area contributed by atoms with Crippen molar-refractivity contribution in [3.8, 4) is 5.75 Å². The minimum Gasteiger partial charge on any atom is -0.495 e. The van der Waals surface area contributed by atoms with Crippen LogP contribution in [-0.4, -0.2) is 18.6 Å². The first-order chi connectivity index (χ1) is 7.79. The van der Waals surface area contributed by atoms with E-state index in [1.165, 1.54) is 16.6 Å². The average molecular weight is 237 g/mol. The zero-order valence-corrected chi connectivity index (χ0v) is 9.82. The summed E-state index contributed by atoms with van der Waals surface area (Å²) in [5.74, 6) is 0.738. The van der Waals surface area contributed by atoms with Gasteiger partial charge in [-0.15, -0.1) is 0 Å². The summed E-state index contributed by atoms with van der Waals surface area (Å²) in [5.41, 5.74) is 3.76. The normalized spacial score (nSPS) is 15.1. The number of aromatic amines is 1. The van der Waals surface area contributed by atoms with E-state index in [0.29, 0.717) is 5.02 Å². The molecule has 84 valence electrons. The van der Waals surface area contributed by atoms with Gasteiger partial charge in [-0.1, -0.05) is 11.6 Å². The second-order valence-electron chi connectivity index (χ2n) is 4.04. The Morgan fingerprint density at radius 1 is 1.38 bits per heavy atom. The van der Waals surface area contributed by atoms with Gasteiger partial charge < -0.3 is 15.0 Å². The van der Waals surface area contributed by atoms with E-state index in [4.69, 9.17) is 16.3 Å². The van der Waals surface area contributed by atoms with Crippen LogP contribution in [0.2, 0.25) is 5.02 Å². The lowest BCUT2D eigenvalue weighted by Crippen LogP contribution is -2.22. The van der Waals surface area contributed by atoms with Crippen molar-refractivity contribution in [3.63, 3.8) is 0 Å². The predicted octanol–water partition coefficient (Wildman–Crippen LogP) is 2.48. The molecule has 2 N–H and O–H groups in total. The maximum Gasteiger partial charge on any atom is 0.138 e. The fourth-order valence-corrected chi connectivity index (χ4v) is 2.55. The Bertz CT molecular complexity index is 547. The second-order valence-corrected chi connectivity index (χ2v) is 4.45. The molecular weight excluding hydrogens is 224 g/mol. The van der Waals surface area contributed by atoms with Crippen LogP contribution in [0.4, 0.5) is 0 Å². The van der Waals surface area contributed by atoms with Crippen molar-refractivity contribution >= 4 is 22.5 Å². The number of halogens is 1. The molecule has 0 radical (unpaired) electrons. The van der Waals surface area contributed by atoms with Crippen LogP contribution < -0.4 is 10.1 Å². The van der Waals surface area contributed by atoms with Gasteiger partial charge in [0.05, 0.1) is 12.1 Å². The van der Waals surface area contributed by atoms with Crippen molar-refractivity contribution in [2.24, 2.45) is 0 Å². The maximum absolute atomic E-state index is 6.11. The number of rotatable bonds is 1. The van der Waals surface area contributed by atoms with Crippen molar-refractivity contribution < 1.29 is 4.74 Å². The minimum absolute atomic E-state index is 0.654. The van der Waals surface area contributed by atoms with Gasteiger partial charge in [0.1, 0.15) is 5.75 Å². The summed E-state index contributed by atoms with van der Waals surface area (Å²) >= 11 is 6.11. The molecule has 0 saturated carbocycles. The highest BCUT2D eigenvalue weighted by molar-refractivity contribution is 6.32. The van der Waals surface area contributed by atoms with Crippen LogP contribution in [0.15, 0.2) is 12.1 Å². The van der Waals surface area contributed by atoms with Gasteiger partial charge in [-0.2, -0.15) is 0 Å². The number of ether oxygens (including phenoxy) is 1. The van der Waals surface area contributed by atoms with Crippen molar-refractivity contribution in [1.29, 1.82) is 0 Å². The molecule has 0 aliphatic carbocycles. The van der Waals surface area contributed by atoms with E-state index in [-0.39, 0.29) is 0 Å². The summed E-state index contributed by atoms with van der Waals surface area (Å²) in [6.45, 7) is 1.95. The van der Waals surface area contributed by atoms with Gasteiger partial charge in [-0.25, -0.2) is 0 Å². The van der Waals surface area contributed by atoms with Gasteiger partial charge in [-0.3, -0.25) is 0 Å². The molecule has 0 fully saturated rings. The molecule has 0 amide bonds. The number of methoxy groups -OCH3 is 1. The molecule has 3 nitrogen and oxygen atoms in total. The number of fused-ring (bicyclic) bond motifs is 3. The summed E-state index contributed by atoms with van der Waals surface area (Å²) in [4.78, 5) is 3.43. The standard InChI is InChI=1S/C12H13ClN2O/c1-16-12-4-7-8-6-14-3-2-10(8)15-11(7)5-9(12)13/h4-5,14-15H,2-3,6H2,1H3. The number of hydrogen-bond donors (Lipinski definition) is 2. The summed E-state index contributed by atoms with van der Waals surface area (Å²) in [6, 6.07) is 3.95. The lowest BCUT2D eigenvalue weighted by Gasteiger charge is -2.12. The molecular formula is C12H13ClN2O. The summed E-state index contributed by atoms with van der Waals surface area (Å²) in [5, 5.41) is 5.24. The minimum atomic E-state index is 0.654. The quantitative estimate of drug-likeness (QED) is 0.798. The van der Waals surface area contributed by atoms with Gasteiger partial charge >= 0.3 is 0 Å². The van der Waals surface area contributed by atoms with Crippen LogP contribution in [0.1, 0.15) is 11.3 Å². The molecule has 0 unspecified atom stereocenters. The molecule has 16 heavy (non-hydrogen) atoms. The highest BCUT2D eigenvalue weighted by atomic mass is 35.5. The Morgan fingerprint density at radius 3 is 3.06 bits per heavy atom. The van der Waals surface area contributed by atoms with Crippen LogP contribution in [0.25, 0.3) is 10.9 Å². The third kappa shape index (κ3) is 1.39. The molecule has 1 aromatic heterocycles. The zero-order valence-electron chi connectivity index (χ0n) is 9.06. The smallest absolute Gasteiger partial charge is 0.138 e. The van der Waals surface area contributed by atoms with Crippen LogP contribution in [0.3, 0.4) is 0 Å². The van der Waals surface area contributed by atoms with Crippen molar-refractivity contribution in [2.45, 2.75) is 13.0 Å². The Kier molecular flexibility index (Phi) is 2.30. The molecule has 2 aromatic rings. The Hall–Kier alpha value is -1.19. The van der Waals surface area contributed by atoms with Crippen molar-refractivity contribution in [1.82, 2.24) is 10.3 Å². The third-order valence-corrected chi connectivity index (χ3v) is 3.42. The maximum atomic E-state index is 6.11. The molecule has 0 spiro atoms. The van der Waals surface area contributed by atoms with Crippen molar-refractivity contribution in [2.75, 3.05) is 13.7 Å². The molecule has 2 heterocycles. The van der Waals surface area contributed by atoms with Gasteiger partial charge in [0.25, 0.3) is 0 Å². The molecule has 4 heteroatoms. The number of H-pyrrole nitrogens is 1. The summed E-state index contributed by atoms with van der Waals surface area (Å²) < 4.78 is 5.25. The lowest BCUT2D eigenvalue weighted by atomic mass is 10.1. The highest BCUT2D eigenvalue weighted by Crippen LogP contribution is 2.33. The van der Waals surface area contributed by atoms with Crippen LogP contribution in [-0.2, 0) is 13.0 Å². The van der Waals surface area contributed by atoms with E-state index in [1.807, 2.05) is 12.1 Å². The number of benzene rings is 1. The molecule has 0 atom stereocenters. The monoisotopic (exact) mass is 236 g/mol. The molecule has 1 aliphatic rings. The zero-order chi connectivity index (χ0) is 11.1. The van der Waals surface area contributed by atoms with Crippen LogP contribution in [0, 0.1) is 0 Å². The van der Waals surface area contributed by atoms with Gasteiger partial charge in [-0.05, 0) is 17.7 Å². The third-order valence-electron chi connectivity index (χ3n) is 3.12. The van der Waals surface area contributed by atoms with E-state index < -0.39 is 0 Å². The fourth-order valence-electron chi connectivity index (χ4n) is 2.31. The topological polar surface area (TPSA) is 37.0 Å². The van der Waals surface area contributed by atoms with E-state index in [1.54, 1.807) is 7.11 Å². The second kappa shape index (κ2) is 3.68. The first kappa shape index (κ1) is 10.00. The van der Waals surface area contributed by atoms with E-state index in [0.717, 1.165) is 30.8 Å². The van der Waals surface area contributed by atoms with Crippen LogP contribution >= 0.6 is 11.6 Å². The molecule has 3 rings (SSSR count). The summed E-state index contributed by atoms with van der Waals surface area (Å²) in [7, 11) is 1.64. The number of aromatic nitrogens is 1. The first-order valence-electron chi connectivity index (χ1n) is 5.37. The van der Waals surface area contributed by atoms with E-state index >= 15 is 0 Å². The lowest BCUT2D eigenvalue weighted by molar-refractivity contribution is 0.415. The largest absolute Gasteiger partial charge is 0.495 e. The van der Waals surface area contributed by atoms with Gasteiger partial charge in [0, 0.05) is 36.1 Å². The number of hydrogen-bond acceptors (Lipinski definition) is 2. The van der Waals surface area contributed by atoms with Gasteiger partial charge in [0.15, 0.2) is 0 Å². The summed E-state index contributed by atoms with van der Waals surface area (Å²) in [6.07, 6.45) is 1.05. The fraction of sp³-hybridized carbons (Fsp3) is 0.333. The Morgan fingerprint density at radius 2 is 2.25 bits per heavy atom. The first-order valence-corrected chi connectivity index (χ1v) is 5.75. The predicted molar refractivity (Wildman–Crippen MR) is 65.3 cm³/mol. The molecule has 0 bridgehead atoms. The highest BCUT2D eigenvalue weighted by Gasteiger charge is 2.16. The SMILES string of the molecule is COc1cc2c3c([nH]c2cc1Cl)CCNC3. The molecule has 1 aromatic carbocycles. The molecule has 0 saturated heterocycles.